The largest absolute Gasteiger partial charge is 0.337 e. The van der Waals surface area contributed by atoms with Crippen LogP contribution in [0.5, 0.6) is 0 Å². The number of carbonyl (C=O) groups excluding carboxylic acids is 1. The van der Waals surface area contributed by atoms with Crippen molar-refractivity contribution in [1.29, 1.82) is 0 Å². The molecule has 1 unspecified atom stereocenters. The van der Waals surface area contributed by atoms with Gasteiger partial charge in [0.15, 0.2) is 0 Å². The summed E-state index contributed by atoms with van der Waals surface area (Å²) in [4.78, 5) is 14.4. The van der Waals surface area contributed by atoms with Gasteiger partial charge in [0.05, 0.1) is 5.92 Å². The highest BCUT2D eigenvalue weighted by atomic mass is 35.5. The van der Waals surface area contributed by atoms with E-state index in [0.717, 1.165) is 19.5 Å². The summed E-state index contributed by atoms with van der Waals surface area (Å²) in [6.45, 7) is 6.17. The van der Waals surface area contributed by atoms with Crippen molar-refractivity contribution in [3.63, 3.8) is 0 Å². The van der Waals surface area contributed by atoms with E-state index in [1.807, 2.05) is 0 Å². The van der Waals surface area contributed by atoms with Crippen LogP contribution in [0.15, 0.2) is 0 Å². The van der Waals surface area contributed by atoms with Gasteiger partial charge in [-0.25, -0.2) is 0 Å². The lowest BCUT2D eigenvalue weighted by Crippen LogP contribution is -2.50. The molecule has 1 saturated carbocycles. The molecule has 0 aromatic heterocycles. The number of rotatable bonds is 3. The van der Waals surface area contributed by atoms with Gasteiger partial charge in [-0.1, -0.05) is 0 Å². The van der Waals surface area contributed by atoms with Gasteiger partial charge in [-0.05, 0) is 46.1 Å². The first-order chi connectivity index (χ1) is 7.20. The second-order valence-corrected chi connectivity index (χ2v) is 5.11. The molecule has 0 radical (unpaired) electrons. The van der Waals surface area contributed by atoms with Crippen LogP contribution in [0.1, 0.15) is 39.5 Å². The van der Waals surface area contributed by atoms with Gasteiger partial charge in [-0.3, -0.25) is 4.79 Å². The number of hydrogen-bond acceptors (Lipinski definition) is 2. The van der Waals surface area contributed by atoms with Crippen molar-refractivity contribution in [2.24, 2.45) is 5.92 Å². The van der Waals surface area contributed by atoms with Crippen LogP contribution in [-0.4, -0.2) is 36.0 Å². The number of nitrogens with zero attached hydrogens (tertiary/aromatic N) is 1. The number of amides is 1. The molecule has 4 heteroatoms. The molecule has 16 heavy (non-hydrogen) atoms. The van der Waals surface area contributed by atoms with Gasteiger partial charge in [-0.2, -0.15) is 0 Å². The summed E-state index contributed by atoms with van der Waals surface area (Å²) in [5.74, 6) is 0.632. The SMILES string of the molecule is CC(C)N(C(=O)C1CCNC1)C1CCC1.Cl. The first kappa shape index (κ1) is 13.8. The number of nitrogens with one attached hydrogen (secondary N) is 1. The molecular weight excluding hydrogens is 224 g/mol. The fourth-order valence-corrected chi connectivity index (χ4v) is 2.60. The molecule has 1 aliphatic carbocycles. The highest BCUT2D eigenvalue weighted by Crippen LogP contribution is 2.28. The molecule has 2 rings (SSSR count). The van der Waals surface area contributed by atoms with Crippen molar-refractivity contribution in [3.05, 3.63) is 0 Å². The number of halogens is 1. The van der Waals surface area contributed by atoms with E-state index in [-0.39, 0.29) is 18.3 Å². The Morgan fingerprint density at radius 1 is 1.31 bits per heavy atom. The molecule has 1 saturated heterocycles. The Hall–Kier alpha value is -0.280. The molecule has 0 aromatic carbocycles. The van der Waals surface area contributed by atoms with Crippen molar-refractivity contribution in [3.8, 4) is 0 Å². The van der Waals surface area contributed by atoms with Crippen LogP contribution >= 0.6 is 12.4 Å². The number of carbonyl (C=O) groups is 1. The van der Waals surface area contributed by atoms with E-state index in [1.54, 1.807) is 0 Å². The normalized spacial score (nSPS) is 25.1. The van der Waals surface area contributed by atoms with Crippen molar-refractivity contribution in [1.82, 2.24) is 10.2 Å². The Labute approximate surface area is 104 Å². The topological polar surface area (TPSA) is 32.3 Å². The van der Waals surface area contributed by atoms with Gasteiger partial charge in [0.2, 0.25) is 5.91 Å². The third-order valence-corrected chi connectivity index (χ3v) is 3.69. The third kappa shape index (κ3) is 2.69. The molecule has 94 valence electrons. The zero-order chi connectivity index (χ0) is 10.8. The quantitative estimate of drug-likeness (QED) is 0.824. The van der Waals surface area contributed by atoms with Gasteiger partial charge in [0.25, 0.3) is 0 Å². The van der Waals surface area contributed by atoms with Crippen molar-refractivity contribution in [2.45, 2.75) is 51.6 Å². The monoisotopic (exact) mass is 246 g/mol. The van der Waals surface area contributed by atoms with E-state index < -0.39 is 0 Å². The average molecular weight is 247 g/mol. The predicted octanol–water partition coefficient (Wildman–Crippen LogP) is 1.81. The predicted molar refractivity (Wildman–Crippen MR) is 67.8 cm³/mol. The Bertz CT molecular complexity index is 235. The van der Waals surface area contributed by atoms with E-state index >= 15 is 0 Å². The fraction of sp³-hybridized carbons (Fsp3) is 0.917. The second kappa shape index (κ2) is 5.87. The molecule has 0 aromatic rings. The van der Waals surface area contributed by atoms with Gasteiger partial charge in [0.1, 0.15) is 0 Å². The summed E-state index contributed by atoms with van der Waals surface area (Å²) in [5.41, 5.74) is 0. The Kier molecular flexibility index (Phi) is 5.06. The summed E-state index contributed by atoms with van der Waals surface area (Å²) in [7, 11) is 0. The van der Waals surface area contributed by atoms with Crippen LogP contribution in [-0.2, 0) is 4.79 Å². The molecular formula is C12H23ClN2O. The van der Waals surface area contributed by atoms with Crippen LogP contribution < -0.4 is 5.32 Å². The van der Waals surface area contributed by atoms with E-state index in [2.05, 4.69) is 24.1 Å². The molecule has 0 spiro atoms. The fourth-order valence-electron chi connectivity index (χ4n) is 2.60. The van der Waals surface area contributed by atoms with Crippen LogP contribution in [0.25, 0.3) is 0 Å². The minimum absolute atomic E-state index is 0. The zero-order valence-electron chi connectivity index (χ0n) is 10.2. The molecule has 1 heterocycles. The van der Waals surface area contributed by atoms with Gasteiger partial charge >= 0.3 is 0 Å². The maximum absolute atomic E-state index is 12.3. The molecule has 1 aliphatic heterocycles. The average Bonchev–Trinajstić information content (AvgIpc) is 2.61. The Morgan fingerprint density at radius 2 is 2.00 bits per heavy atom. The van der Waals surface area contributed by atoms with Crippen molar-refractivity contribution >= 4 is 18.3 Å². The van der Waals surface area contributed by atoms with Gasteiger partial charge < -0.3 is 10.2 Å². The Balaban J connectivity index is 0.00000128. The minimum Gasteiger partial charge on any atom is -0.337 e. The molecule has 2 fully saturated rings. The lowest BCUT2D eigenvalue weighted by atomic mass is 9.89. The molecule has 1 amide bonds. The highest BCUT2D eigenvalue weighted by Gasteiger charge is 2.35. The van der Waals surface area contributed by atoms with Crippen LogP contribution in [0.4, 0.5) is 0 Å². The summed E-state index contributed by atoms with van der Waals surface area (Å²) in [6.07, 6.45) is 4.74. The molecule has 0 bridgehead atoms. The third-order valence-electron chi connectivity index (χ3n) is 3.69. The summed E-state index contributed by atoms with van der Waals surface area (Å²) >= 11 is 0. The van der Waals surface area contributed by atoms with Gasteiger partial charge in [-0.15, -0.1) is 12.4 Å². The van der Waals surface area contributed by atoms with Crippen molar-refractivity contribution in [2.75, 3.05) is 13.1 Å². The standard InChI is InChI=1S/C12H22N2O.ClH/c1-9(2)14(11-4-3-5-11)12(15)10-6-7-13-8-10;/h9-11,13H,3-8H2,1-2H3;1H. The summed E-state index contributed by atoms with van der Waals surface area (Å²) in [5, 5.41) is 3.27. The highest BCUT2D eigenvalue weighted by molar-refractivity contribution is 5.85. The second-order valence-electron chi connectivity index (χ2n) is 5.11. The zero-order valence-corrected chi connectivity index (χ0v) is 11.1. The number of hydrogen-bond donors (Lipinski definition) is 1. The maximum atomic E-state index is 12.3. The molecule has 2 aliphatic rings. The van der Waals surface area contributed by atoms with Crippen LogP contribution in [0, 0.1) is 5.92 Å². The van der Waals surface area contributed by atoms with Crippen LogP contribution in [0.3, 0.4) is 0 Å². The van der Waals surface area contributed by atoms with E-state index in [4.69, 9.17) is 0 Å². The van der Waals surface area contributed by atoms with E-state index in [9.17, 15) is 4.79 Å². The summed E-state index contributed by atoms with van der Waals surface area (Å²) in [6, 6.07) is 0.904. The lowest BCUT2D eigenvalue weighted by molar-refractivity contribution is -0.141. The first-order valence-electron chi connectivity index (χ1n) is 6.23. The molecule has 1 N–H and O–H groups in total. The first-order valence-corrected chi connectivity index (χ1v) is 6.23. The van der Waals surface area contributed by atoms with E-state index in [1.165, 1.54) is 19.3 Å². The molecule has 1 atom stereocenters. The van der Waals surface area contributed by atoms with Gasteiger partial charge in [0, 0.05) is 18.6 Å². The molecule has 3 nitrogen and oxygen atoms in total. The lowest BCUT2D eigenvalue weighted by Gasteiger charge is -2.41. The minimum atomic E-state index is 0. The smallest absolute Gasteiger partial charge is 0.227 e. The van der Waals surface area contributed by atoms with E-state index in [0.29, 0.717) is 18.0 Å². The maximum Gasteiger partial charge on any atom is 0.227 e. The Morgan fingerprint density at radius 3 is 2.38 bits per heavy atom. The summed E-state index contributed by atoms with van der Waals surface area (Å²) < 4.78 is 0. The van der Waals surface area contributed by atoms with Crippen molar-refractivity contribution < 1.29 is 4.79 Å². The van der Waals surface area contributed by atoms with Crippen LogP contribution in [0.2, 0.25) is 0 Å².